The van der Waals surface area contributed by atoms with Gasteiger partial charge in [0.25, 0.3) is 5.91 Å². The van der Waals surface area contributed by atoms with Crippen molar-refractivity contribution < 1.29 is 13.6 Å². The van der Waals surface area contributed by atoms with Crippen LogP contribution in [0.2, 0.25) is 0 Å². The van der Waals surface area contributed by atoms with Gasteiger partial charge >= 0.3 is 0 Å². The van der Waals surface area contributed by atoms with Crippen LogP contribution in [0.5, 0.6) is 0 Å². The van der Waals surface area contributed by atoms with E-state index in [0.717, 1.165) is 17.8 Å². The first-order valence-corrected chi connectivity index (χ1v) is 6.51. The van der Waals surface area contributed by atoms with E-state index in [9.17, 15) is 13.6 Å². The van der Waals surface area contributed by atoms with E-state index in [-0.39, 0.29) is 11.0 Å². The Bertz CT molecular complexity index is 661. The molecule has 5 heteroatoms. The Morgan fingerprint density at radius 1 is 1.10 bits per heavy atom. The number of benzene rings is 1. The van der Waals surface area contributed by atoms with Gasteiger partial charge in [0.15, 0.2) is 5.82 Å². The van der Waals surface area contributed by atoms with Crippen molar-refractivity contribution in [1.29, 1.82) is 0 Å². The molecule has 1 aromatic carbocycles. The van der Waals surface area contributed by atoms with Crippen LogP contribution in [0, 0.1) is 11.8 Å². The lowest BCUT2D eigenvalue weighted by atomic mass is 9.87. The summed E-state index contributed by atoms with van der Waals surface area (Å²) in [5.74, 6) is -3.25. The van der Waals surface area contributed by atoms with Gasteiger partial charge < -0.3 is 5.32 Å². The minimum atomic E-state index is -1.29. The molecule has 0 unspecified atom stereocenters. The van der Waals surface area contributed by atoms with Crippen LogP contribution in [0.15, 0.2) is 36.5 Å². The van der Waals surface area contributed by atoms with Gasteiger partial charge in [-0.25, -0.2) is 9.37 Å². The number of anilines is 1. The summed E-state index contributed by atoms with van der Waals surface area (Å²) in [6, 6.07) is 8.37. The zero-order valence-corrected chi connectivity index (χ0v) is 12.1. The summed E-state index contributed by atoms with van der Waals surface area (Å²) in [6.45, 7) is 6.24. The Balaban J connectivity index is 2.18. The highest BCUT2D eigenvalue weighted by Gasteiger charge is 2.17. The van der Waals surface area contributed by atoms with E-state index >= 15 is 0 Å². The topological polar surface area (TPSA) is 42.0 Å². The fourth-order valence-corrected chi connectivity index (χ4v) is 1.85. The number of hydrogen-bond acceptors (Lipinski definition) is 2. The minimum absolute atomic E-state index is 0.00285. The monoisotopic (exact) mass is 290 g/mol. The molecule has 0 atom stereocenters. The van der Waals surface area contributed by atoms with Crippen LogP contribution in [-0.2, 0) is 5.41 Å². The van der Waals surface area contributed by atoms with Crippen LogP contribution in [0.4, 0.5) is 14.5 Å². The third-order valence-corrected chi connectivity index (χ3v) is 3.10. The maximum atomic E-state index is 13.5. The first kappa shape index (κ1) is 15.1. The van der Waals surface area contributed by atoms with E-state index in [0.29, 0.717) is 5.69 Å². The van der Waals surface area contributed by atoms with Crippen molar-refractivity contribution >= 4 is 11.6 Å². The average Bonchev–Trinajstić information content (AvgIpc) is 2.41. The number of halogens is 2. The standard InChI is InChI=1S/C16H16F2N2O/c1-16(2,3)10-4-6-11(7-5-10)20-15(21)12-8-9-19-14(18)13(12)17/h4-9H,1-3H3,(H,20,21). The predicted octanol–water partition coefficient (Wildman–Crippen LogP) is 3.91. The first-order chi connectivity index (χ1) is 9.79. The molecule has 1 heterocycles. The van der Waals surface area contributed by atoms with E-state index in [1.165, 1.54) is 0 Å². The van der Waals surface area contributed by atoms with Crippen molar-refractivity contribution in [2.45, 2.75) is 26.2 Å². The maximum absolute atomic E-state index is 13.5. The van der Waals surface area contributed by atoms with E-state index in [1.54, 1.807) is 12.1 Å². The molecule has 2 rings (SSSR count). The Morgan fingerprint density at radius 3 is 2.29 bits per heavy atom. The molecule has 0 radical (unpaired) electrons. The second kappa shape index (κ2) is 5.60. The zero-order valence-electron chi connectivity index (χ0n) is 12.1. The van der Waals surface area contributed by atoms with Crippen molar-refractivity contribution in [3.8, 4) is 0 Å². The maximum Gasteiger partial charge on any atom is 0.258 e. The lowest BCUT2D eigenvalue weighted by Crippen LogP contribution is -2.15. The highest BCUT2D eigenvalue weighted by molar-refractivity contribution is 6.04. The summed E-state index contributed by atoms with van der Waals surface area (Å²) in [5.41, 5.74) is 1.26. The van der Waals surface area contributed by atoms with Crippen molar-refractivity contribution in [3.05, 3.63) is 59.4 Å². The Labute approximate surface area is 122 Å². The summed E-state index contributed by atoms with van der Waals surface area (Å²) >= 11 is 0. The SMILES string of the molecule is CC(C)(C)c1ccc(NC(=O)c2ccnc(F)c2F)cc1. The van der Waals surface area contributed by atoms with Crippen LogP contribution in [0.3, 0.4) is 0 Å². The molecule has 1 N–H and O–H groups in total. The molecule has 0 aliphatic heterocycles. The highest BCUT2D eigenvalue weighted by Crippen LogP contribution is 2.23. The molecule has 0 aliphatic carbocycles. The minimum Gasteiger partial charge on any atom is -0.322 e. The molecular formula is C16H16F2N2O. The number of pyridine rings is 1. The quantitative estimate of drug-likeness (QED) is 0.852. The van der Waals surface area contributed by atoms with Crippen LogP contribution >= 0.6 is 0 Å². The molecule has 0 aliphatic rings. The van der Waals surface area contributed by atoms with Gasteiger partial charge in [0.05, 0.1) is 5.56 Å². The number of aromatic nitrogens is 1. The Kier molecular flexibility index (Phi) is 4.02. The number of nitrogens with one attached hydrogen (secondary N) is 1. The van der Waals surface area contributed by atoms with Gasteiger partial charge in [-0.3, -0.25) is 4.79 Å². The normalized spacial score (nSPS) is 11.3. The Hall–Kier alpha value is -2.30. The largest absolute Gasteiger partial charge is 0.322 e. The molecule has 21 heavy (non-hydrogen) atoms. The van der Waals surface area contributed by atoms with Crippen molar-refractivity contribution in [1.82, 2.24) is 4.98 Å². The number of carbonyl (C=O) groups excluding carboxylic acids is 1. The lowest BCUT2D eigenvalue weighted by molar-refractivity contribution is 0.102. The molecule has 0 spiro atoms. The molecule has 2 aromatic rings. The van der Waals surface area contributed by atoms with Gasteiger partial charge in [0.1, 0.15) is 0 Å². The fraction of sp³-hybridized carbons (Fsp3) is 0.250. The molecular weight excluding hydrogens is 274 g/mol. The number of rotatable bonds is 2. The smallest absolute Gasteiger partial charge is 0.258 e. The van der Waals surface area contributed by atoms with E-state index < -0.39 is 17.7 Å². The first-order valence-electron chi connectivity index (χ1n) is 6.51. The van der Waals surface area contributed by atoms with Crippen molar-refractivity contribution in [3.63, 3.8) is 0 Å². The fourth-order valence-electron chi connectivity index (χ4n) is 1.85. The number of amides is 1. The van der Waals surface area contributed by atoms with Gasteiger partial charge in [-0.2, -0.15) is 4.39 Å². The van der Waals surface area contributed by atoms with Gasteiger partial charge in [-0.1, -0.05) is 32.9 Å². The molecule has 1 aromatic heterocycles. The van der Waals surface area contributed by atoms with Crippen LogP contribution in [-0.4, -0.2) is 10.9 Å². The van der Waals surface area contributed by atoms with Crippen LogP contribution < -0.4 is 5.32 Å². The number of hydrogen-bond donors (Lipinski definition) is 1. The summed E-state index contributed by atoms with van der Waals surface area (Å²) in [7, 11) is 0. The van der Waals surface area contributed by atoms with Gasteiger partial charge in [-0.05, 0) is 29.2 Å². The van der Waals surface area contributed by atoms with E-state index in [1.807, 2.05) is 12.1 Å². The van der Waals surface area contributed by atoms with Crippen LogP contribution in [0.1, 0.15) is 36.7 Å². The highest BCUT2D eigenvalue weighted by atomic mass is 19.2. The second-order valence-electron chi connectivity index (χ2n) is 5.74. The molecule has 0 bridgehead atoms. The summed E-state index contributed by atoms with van der Waals surface area (Å²) in [5, 5.41) is 2.53. The average molecular weight is 290 g/mol. The van der Waals surface area contributed by atoms with Crippen molar-refractivity contribution in [2.75, 3.05) is 5.32 Å². The number of carbonyl (C=O) groups is 1. The second-order valence-corrected chi connectivity index (χ2v) is 5.74. The van der Waals surface area contributed by atoms with Crippen molar-refractivity contribution in [2.24, 2.45) is 0 Å². The van der Waals surface area contributed by atoms with E-state index in [4.69, 9.17) is 0 Å². The number of nitrogens with zero attached hydrogens (tertiary/aromatic N) is 1. The third kappa shape index (κ3) is 3.42. The third-order valence-electron chi connectivity index (χ3n) is 3.10. The van der Waals surface area contributed by atoms with Crippen LogP contribution in [0.25, 0.3) is 0 Å². The molecule has 0 saturated carbocycles. The predicted molar refractivity (Wildman–Crippen MR) is 77.2 cm³/mol. The van der Waals surface area contributed by atoms with Gasteiger partial charge in [-0.15, -0.1) is 0 Å². The van der Waals surface area contributed by atoms with E-state index in [2.05, 4.69) is 31.1 Å². The summed E-state index contributed by atoms with van der Waals surface area (Å²) in [6.07, 6.45) is 1.05. The van der Waals surface area contributed by atoms with Gasteiger partial charge in [0, 0.05) is 11.9 Å². The molecule has 0 saturated heterocycles. The Morgan fingerprint density at radius 2 is 1.71 bits per heavy atom. The zero-order chi connectivity index (χ0) is 15.6. The molecule has 1 amide bonds. The van der Waals surface area contributed by atoms with Gasteiger partial charge in [0.2, 0.25) is 5.95 Å². The summed E-state index contributed by atoms with van der Waals surface area (Å²) in [4.78, 5) is 15.1. The molecule has 0 fully saturated rings. The lowest BCUT2D eigenvalue weighted by Gasteiger charge is -2.19. The molecule has 3 nitrogen and oxygen atoms in total. The molecule has 110 valence electrons. The summed E-state index contributed by atoms with van der Waals surface area (Å²) < 4.78 is 26.5.